The molecule has 3 rings (SSSR count). The molecular formula is C12H9Cl3N4O. The van der Waals surface area contributed by atoms with Gasteiger partial charge in [0.1, 0.15) is 5.69 Å². The molecule has 0 saturated heterocycles. The van der Waals surface area contributed by atoms with E-state index in [1.165, 1.54) is 4.68 Å². The number of nitrogens with zero attached hydrogens (tertiary/aromatic N) is 3. The fraction of sp³-hybridized carbons (Fsp3) is 0.250. The van der Waals surface area contributed by atoms with E-state index in [9.17, 15) is 4.79 Å². The minimum Gasteiger partial charge on any atom is -0.360 e. The molecule has 1 atom stereocenters. The van der Waals surface area contributed by atoms with Crippen LogP contribution in [0.25, 0.3) is 11.4 Å². The van der Waals surface area contributed by atoms with Crippen LogP contribution in [-0.2, 0) is 0 Å². The van der Waals surface area contributed by atoms with Crippen LogP contribution in [0.4, 0.5) is 5.69 Å². The first-order chi connectivity index (χ1) is 9.38. The van der Waals surface area contributed by atoms with Gasteiger partial charge in [-0.3, -0.25) is 4.79 Å². The molecule has 1 N–H and O–H groups in total. The number of hydrogen-bond acceptors (Lipinski definition) is 4. The van der Waals surface area contributed by atoms with Crippen LogP contribution < -0.4 is 10.9 Å². The Hall–Kier alpha value is -1.30. The van der Waals surface area contributed by atoms with Crippen LogP contribution in [0.3, 0.4) is 0 Å². The lowest BCUT2D eigenvalue weighted by molar-refractivity contribution is 0.483. The van der Waals surface area contributed by atoms with Crippen molar-refractivity contribution >= 4 is 40.5 Å². The van der Waals surface area contributed by atoms with Gasteiger partial charge in [-0.1, -0.05) is 46.9 Å². The molecule has 0 bridgehead atoms. The Balaban J connectivity index is 2.32. The predicted molar refractivity (Wildman–Crippen MR) is 79.4 cm³/mol. The van der Waals surface area contributed by atoms with Crippen molar-refractivity contribution in [2.45, 2.75) is 16.9 Å². The maximum atomic E-state index is 11.8. The quantitative estimate of drug-likeness (QED) is 0.754. The largest absolute Gasteiger partial charge is 0.360 e. The Morgan fingerprint density at radius 2 is 2.00 bits per heavy atom. The Morgan fingerprint density at radius 1 is 1.30 bits per heavy atom. The minimum absolute atomic E-state index is 0.245. The topological polar surface area (TPSA) is 59.8 Å². The number of fused-ring (bicyclic) bond motifs is 3. The van der Waals surface area contributed by atoms with E-state index in [1.807, 2.05) is 24.3 Å². The summed E-state index contributed by atoms with van der Waals surface area (Å²) in [6, 6.07) is 7.34. The van der Waals surface area contributed by atoms with Gasteiger partial charge in [0.2, 0.25) is 3.79 Å². The number of nitrogens with one attached hydrogen (secondary N) is 1. The van der Waals surface area contributed by atoms with E-state index in [1.54, 1.807) is 6.92 Å². The van der Waals surface area contributed by atoms with Gasteiger partial charge in [-0.2, -0.15) is 10.1 Å². The zero-order chi connectivity index (χ0) is 14.5. The number of anilines is 1. The van der Waals surface area contributed by atoms with E-state index in [4.69, 9.17) is 34.8 Å². The van der Waals surface area contributed by atoms with E-state index >= 15 is 0 Å². The van der Waals surface area contributed by atoms with Crippen molar-refractivity contribution in [2.75, 3.05) is 5.32 Å². The van der Waals surface area contributed by atoms with Gasteiger partial charge >= 0.3 is 0 Å². The Labute approximate surface area is 129 Å². The number of rotatable bonds is 0. The highest BCUT2D eigenvalue weighted by molar-refractivity contribution is 6.68. The molecular weight excluding hydrogens is 323 g/mol. The van der Waals surface area contributed by atoms with E-state index in [2.05, 4.69) is 15.4 Å². The standard InChI is InChI=1S/C12H9Cl3N4O/c1-6-10(20)17-9-7-4-2-3-5-8(7)16-11(12(13,14)15)19(9)18-6/h2-5,11,16H,1H3/t11-/m1/s1. The molecule has 0 spiro atoms. The summed E-state index contributed by atoms with van der Waals surface area (Å²) >= 11 is 18.0. The highest BCUT2D eigenvalue weighted by Crippen LogP contribution is 2.44. The summed E-state index contributed by atoms with van der Waals surface area (Å²) in [5.74, 6) is 0.381. The third-order valence-electron chi connectivity index (χ3n) is 3.01. The fourth-order valence-electron chi connectivity index (χ4n) is 2.08. The predicted octanol–water partition coefficient (Wildman–Crippen LogP) is 2.91. The van der Waals surface area contributed by atoms with Gasteiger partial charge in [0, 0.05) is 11.3 Å². The Morgan fingerprint density at radius 3 is 2.70 bits per heavy atom. The van der Waals surface area contributed by atoms with Gasteiger partial charge in [-0.05, 0) is 19.1 Å². The molecule has 20 heavy (non-hydrogen) atoms. The summed E-state index contributed by atoms with van der Waals surface area (Å²) in [4.78, 5) is 15.8. The number of benzene rings is 1. The highest BCUT2D eigenvalue weighted by Gasteiger charge is 2.39. The van der Waals surface area contributed by atoms with Gasteiger partial charge in [0.05, 0.1) is 0 Å². The average molecular weight is 332 g/mol. The summed E-state index contributed by atoms with van der Waals surface area (Å²) in [6.45, 7) is 1.57. The number of halogens is 3. The van der Waals surface area contributed by atoms with Crippen molar-refractivity contribution in [3.8, 4) is 11.4 Å². The molecule has 104 valence electrons. The van der Waals surface area contributed by atoms with Crippen LogP contribution in [0.5, 0.6) is 0 Å². The third kappa shape index (κ3) is 2.16. The lowest BCUT2D eigenvalue weighted by Crippen LogP contribution is -2.38. The summed E-state index contributed by atoms with van der Waals surface area (Å²) < 4.78 is -0.204. The second kappa shape index (κ2) is 4.62. The fourth-order valence-corrected chi connectivity index (χ4v) is 2.52. The molecule has 1 aromatic carbocycles. The van der Waals surface area contributed by atoms with Crippen molar-refractivity contribution in [1.82, 2.24) is 14.8 Å². The smallest absolute Gasteiger partial charge is 0.294 e. The number of aryl methyl sites for hydroxylation is 1. The van der Waals surface area contributed by atoms with Gasteiger partial charge in [-0.25, -0.2) is 4.68 Å². The average Bonchev–Trinajstić information content (AvgIpc) is 2.38. The SMILES string of the molecule is Cc1nn2c(nc1=O)-c1ccccc1N[C@H]2C(Cl)(Cl)Cl. The van der Waals surface area contributed by atoms with Crippen molar-refractivity contribution in [3.63, 3.8) is 0 Å². The third-order valence-corrected chi connectivity index (χ3v) is 3.63. The van der Waals surface area contributed by atoms with E-state index in [-0.39, 0.29) is 5.69 Å². The van der Waals surface area contributed by atoms with Crippen LogP contribution >= 0.6 is 34.8 Å². The molecule has 0 unspecified atom stereocenters. The van der Waals surface area contributed by atoms with E-state index in [0.29, 0.717) is 5.82 Å². The molecule has 0 aliphatic carbocycles. The van der Waals surface area contributed by atoms with Gasteiger partial charge in [0.15, 0.2) is 12.0 Å². The van der Waals surface area contributed by atoms with Crippen LogP contribution in [0.15, 0.2) is 29.1 Å². The number of aromatic nitrogens is 3. The molecule has 5 nitrogen and oxygen atoms in total. The molecule has 1 aliphatic rings. The van der Waals surface area contributed by atoms with Gasteiger partial charge in [-0.15, -0.1) is 0 Å². The Bertz CT molecular complexity index is 738. The first-order valence-electron chi connectivity index (χ1n) is 5.78. The summed E-state index contributed by atoms with van der Waals surface area (Å²) in [5.41, 5.74) is 1.33. The number of alkyl halides is 3. The zero-order valence-corrected chi connectivity index (χ0v) is 12.5. The molecule has 0 saturated carbocycles. The van der Waals surface area contributed by atoms with Crippen LogP contribution in [0.2, 0.25) is 0 Å². The van der Waals surface area contributed by atoms with E-state index < -0.39 is 15.5 Å². The van der Waals surface area contributed by atoms with Crippen LogP contribution in [0, 0.1) is 6.92 Å². The molecule has 0 fully saturated rings. The second-order valence-electron chi connectivity index (χ2n) is 4.40. The van der Waals surface area contributed by atoms with Gasteiger partial charge in [0.25, 0.3) is 5.56 Å². The molecule has 1 aliphatic heterocycles. The lowest BCUT2D eigenvalue weighted by Gasteiger charge is -2.33. The maximum absolute atomic E-state index is 11.8. The first-order valence-corrected chi connectivity index (χ1v) is 6.91. The number of hydrogen-bond donors (Lipinski definition) is 1. The summed E-state index contributed by atoms with van der Waals surface area (Å²) in [5, 5.41) is 7.29. The molecule has 2 aromatic rings. The van der Waals surface area contributed by atoms with E-state index in [0.717, 1.165) is 11.3 Å². The van der Waals surface area contributed by atoms with Crippen LogP contribution in [0.1, 0.15) is 11.9 Å². The maximum Gasteiger partial charge on any atom is 0.294 e. The molecule has 0 radical (unpaired) electrons. The van der Waals surface area contributed by atoms with Crippen LogP contribution in [-0.4, -0.2) is 18.6 Å². The van der Waals surface area contributed by atoms with Crippen molar-refractivity contribution in [2.24, 2.45) is 0 Å². The zero-order valence-electron chi connectivity index (χ0n) is 10.3. The molecule has 1 aromatic heterocycles. The second-order valence-corrected chi connectivity index (χ2v) is 6.77. The van der Waals surface area contributed by atoms with Crippen molar-refractivity contribution in [3.05, 3.63) is 40.3 Å². The normalized spacial score (nSPS) is 17.1. The summed E-state index contributed by atoms with van der Waals surface area (Å²) in [7, 11) is 0. The number of para-hydroxylation sites is 1. The van der Waals surface area contributed by atoms with Gasteiger partial charge < -0.3 is 5.32 Å². The summed E-state index contributed by atoms with van der Waals surface area (Å²) in [6.07, 6.45) is -0.746. The lowest BCUT2D eigenvalue weighted by atomic mass is 10.1. The molecule has 0 amide bonds. The first kappa shape index (κ1) is 13.7. The minimum atomic E-state index is -1.64. The monoisotopic (exact) mass is 330 g/mol. The van der Waals surface area contributed by atoms with Crippen molar-refractivity contribution < 1.29 is 0 Å². The van der Waals surface area contributed by atoms with Crippen molar-refractivity contribution in [1.29, 1.82) is 0 Å². The Kier molecular flexibility index (Phi) is 3.16. The highest BCUT2D eigenvalue weighted by atomic mass is 35.6. The molecule has 8 heteroatoms. The molecule has 2 heterocycles.